The molecule has 0 N–H and O–H groups in total. The first-order valence-corrected chi connectivity index (χ1v) is 7.04. The van der Waals surface area contributed by atoms with Gasteiger partial charge in [0, 0.05) is 17.1 Å². The lowest BCUT2D eigenvalue weighted by atomic mass is 10.1. The number of fused-ring (bicyclic) bond motifs is 1. The van der Waals surface area contributed by atoms with Gasteiger partial charge in [-0.1, -0.05) is 61.2 Å². The lowest BCUT2D eigenvalue weighted by Crippen LogP contribution is -2.23. The minimum Gasteiger partial charge on any atom is -0.276 e. The Bertz CT molecular complexity index is 856. The van der Waals surface area contributed by atoms with Crippen LogP contribution in [0, 0.1) is 0 Å². The Labute approximate surface area is 129 Å². The van der Waals surface area contributed by atoms with E-state index >= 15 is 0 Å². The lowest BCUT2D eigenvalue weighted by Gasteiger charge is -2.23. The van der Waals surface area contributed by atoms with Gasteiger partial charge in [0.15, 0.2) is 0 Å². The Morgan fingerprint density at radius 1 is 0.909 bits per heavy atom. The van der Waals surface area contributed by atoms with Gasteiger partial charge in [-0.15, -0.1) is 5.73 Å². The SMILES string of the molecule is C=C=CC(=O)N(c1ccccc1)c1cccc2ccccc12. The molecule has 0 saturated heterocycles. The Hall–Kier alpha value is -3.09. The maximum atomic E-state index is 12.6. The summed E-state index contributed by atoms with van der Waals surface area (Å²) in [6.07, 6.45) is 1.36. The number of nitrogens with zero attached hydrogens (tertiary/aromatic N) is 1. The second kappa shape index (κ2) is 6.13. The quantitative estimate of drug-likeness (QED) is 0.498. The number of para-hydroxylation sites is 1. The standard InChI is InChI=1S/C20H15NO/c1-2-9-20(22)21(17-12-4-3-5-13-17)19-15-8-11-16-10-6-7-14-18(16)19/h3-15H,1H2. The molecule has 106 valence electrons. The van der Waals surface area contributed by atoms with Crippen LogP contribution < -0.4 is 4.90 Å². The van der Waals surface area contributed by atoms with E-state index in [9.17, 15) is 4.79 Å². The fourth-order valence-corrected chi connectivity index (χ4v) is 2.52. The van der Waals surface area contributed by atoms with Crippen LogP contribution in [0.2, 0.25) is 0 Å². The number of anilines is 2. The van der Waals surface area contributed by atoms with Crippen LogP contribution in [0.5, 0.6) is 0 Å². The summed E-state index contributed by atoms with van der Waals surface area (Å²) < 4.78 is 0. The molecule has 0 aromatic heterocycles. The molecule has 22 heavy (non-hydrogen) atoms. The number of carbonyl (C=O) groups excluding carboxylic acids is 1. The predicted molar refractivity (Wildman–Crippen MR) is 91.2 cm³/mol. The van der Waals surface area contributed by atoms with Crippen LogP contribution in [0.25, 0.3) is 10.8 Å². The average molecular weight is 285 g/mol. The number of rotatable bonds is 3. The highest BCUT2D eigenvalue weighted by Gasteiger charge is 2.17. The van der Waals surface area contributed by atoms with Crippen molar-refractivity contribution >= 4 is 28.1 Å². The number of hydrogen-bond donors (Lipinski definition) is 0. The van der Waals surface area contributed by atoms with E-state index in [1.807, 2.05) is 72.8 Å². The van der Waals surface area contributed by atoms with E-state index in [0.717, 1.165) is 22.1 Å². The Balaban J connectivity index is 2.25. The number of hydrogen-bond acceptors (Lipinski definition) is 1. The van der Waals surface area contributed by atoms with E-state index < -0.39 is 0 Å². The van der Waals surface area contributed by atoms with Gasteiger partial charge in [0.05, 0.1) is 5.69 Å². The first kappa shape index (κ1) is 13.9. The molecule has 3 rings (SSSR count). The van der Waals surface area contributed by atoms with Gasteiger partial charge < -0.3 is 0 Å². The topological polar surface area (TPSA) is 20.3 Å². The average Bonchev–Trinajstić information content (AvgIpc) is 2.57. The lowest BCUT2D eigenvalue weighted by molar-refractivity contribution is -0.113. The Morgan fingerprint density at radius 2 is 1.59 bits per heavy atom. The van der Waals surface area contributed by atoms with E-state index in [0.29, 0.717) is 0 Å². The highest BCUT2D eigenvalue weighted by atomic mass is 16.2. The monoisotopic (exact) mass is 285 g/mol. The molecule has 0 fully saturated rings. The molecule has 2 heteroatoms. The van der Waals surface area contributed by atoms with Crippen LogP contribution in [0.3, 0.4) is 0 Å². The molecule has 0 bridgehead atoms. The third-order valence-corrected chi connectivity index (χ3v) is 3.47. The van der Waals surface area contributed by atoms with E-state index in [4.69, 9.17) is 0 Å². The van der Waals surface area contributed by atoms with Crippen molar-refractivity contribution < 1.29 is 4.79 Å². The molecule has 0 unspecified atom stereocenters. The predicted octanol–water partition coefficient (Wildman–Crippen LogP) is 4.85. The van der Waals surface area contributed by atoms with E-state index in [1.165, 1.54) is 6.08 Å². The highest BCUT2D eigenvalue weighted by Crippen LogP contribution is 2.32. The molecule has 0 atom stereocenters. The molecule has 3 aromatic carbocycles. The van der Waals surface area contributed by atoms with E-state index in [1.54, 1.807) is 4.90 Å². The zero-order valence-corrected chi connectivity index (χ0v) is 12.1. The first-order valence-electron chi connectivity index (χ1n) is 7.04. The fourth-order valence-electron chi connectivity index (χ4n) is 2.52. The summed E-state index contributed by atoms with van der Waals surface area (Å²) >= 11 is 0. The summed E-state index contributed by atoms with van der Waals surface area (Å²) in [6, 6.07) is 23.6. The molecule has 0 aliphatic heterocycles. The molecule has 0 aliphatic rings. The van der Waals surface area contributed by atoms with Gasteiger partial charge >= 0.3 is 0 Å². The van der Waals surface area contributed by atoms with Crippen LogP contribution in [0.4, 0.5) is 11.4 Å². The molecule has 0 radical (unpaired) electrons. The Morgan fingerprint density at radius 3 is 2.36 bits per heavy atom. The Kier molecular flexibility index (Phi) is 3.86. The van der Waals surface area contributed by atoms with Gasteiger partial charge in [-0.05, 0) is 23.6 Å². The molecule has 2 nitrogen and oxygen atoms in total. The van der Waals surface area contributed by atoms with Crippen molar-refractivity contribution in [2.45, 2.75) is 0 Å². The van der Waals surface area contributed by atoms with Crippen LogP contribution >= 0.6 is 0 Å². The molecule has 0 aliphatic carbocycles. The van der Waals surface area contributed by atoms with Gasteiger partial charge in [0.25, 0.3) is 5.91 Å². The van der Waals surface area contributed by atoms with Crippen molar-refractivity contribution in [2.75, 3.05) is 4.90 Å². The van der Waals surface area contributed by atoms with Crippen molar-refractivity contribution in [3.8, 4) is 0 Å². The van der Waals surface area contributed by atoms with Crippen molar-refractivity contribution in [1.29, 1.82) is 0 Å². The summed E-state index contributed by atoms with van der Waals surface area (Å²) in [5.74, 6) is -0.169. The molecule has 0 spiro atoms. The molecular formula is C20H15NO. The zero-order chi connectivity index (χ0) is 15.4. The summed E-state index contributed by atoms with van der Waals surface area (Å²) in [5.41, 5.74) is 4.23. The molecular weight excluding hydrogens is 270 g/mol. The summed E-state index contributed by atoms with van der Waals surface area (Å²) in [5, 5.41) is 2.12. The van der Waals surface area contributed by atoms with Crippen LogP contribution in [-0.4, -0.2) is 5.91 Å². The fraction of sp³-hybridized carbons (Fsp3) is 0. The number of benzene rings is 3. The largest absolute Gasteiger partial charge is 0.276 e. The number of amides is 1. The minimum absolute atomic E-state index is 0.169. The maximum Gasteiger partial charge on any atom is 0.263 e. The van der Waals surface area contributed by atoms with Crippen molar-refractivity contribution in [3.05, 3.63) is 91.2 Å². The molecule has 0 heterocycles. The minimum atomic E-state index is -0.169. The molecule has 3 aromatic rings. The second-order valence-electron chi connectivity index (χ2n) is 4.86. The van der Waals surface area contributed by atoms with Crippen LogP contribution in [0.15, 0.2) is 91.2 Å². The van der Waals surface area contributed by atoms with Gasteiger partial charge in [-0.3, -0.25) is 9.69 Å². The second-order valence-corrected chi connectivity index (χ2v) is 4.86. The van der Waals surface area contributed by atoms with Crippen molar-refractivity contribution in [1.82, 2.24) is 0 Å². The van der Waals surface area contributed by atoms with Gasteiger partial charge in [0.1, 0.15) is 0 Å². The maximum absolute atomic E-state index is 12.6. The normalized spacial score (nSPS) is 10.0. The third-order valence-electron chi connectivity index (χ3n) is 3.47. The summed E-state index contributed by atoms with van der Waals surface area (Å²) in [7, 11) is 0. The third kappa shape index (κ3) is 2.56. The van der Waals surface area contributed by atoms with Gasteiger partial charge in [-0.25, -0.2) is 0 Å². The van der Waals surface area contributed by atoms with E-state index in [-0.39, 0.29) is 5.91 Å². The van der Waals surface area contributed by atoms with E-state index in [2.05, 4.69) is 12.3 Å². The molecule has 0 saturated carbocycles. The zero-order valence-electron chi connectivity index (χ0n) is 12.1. The highest BCUT2D eigenvalue weighted by molar-refractivity contribution is 6.12. The van der Waals surface area contributed by atoms with Crippen LogP contribution in [0.1, 0.15) is 0 Å². The van der Waals surface area contributed by atoms with Gasteiger partial charge in [-0.2, -0.15) is 0 Å². The van der Waals surface area contributed by atoms with Crippen LogP contribution in [-0.2, 0) is 4.79 Å². The smallest absolute Gasteiger partial charge is 0.263 e. The first-order chi connectivity index (χ1) is 10.8. The van der Waals surface area contributed by atoms with Crippen molar-refractivity contribution in [2.24, 2.45) is 0 Å². The number of carbonyl (C=O) groups is 1. The van der Waals surface area contributed by atoms with Gasteiger partial charge in [0.2, 0.25) is 0 Å². The summed E-state index contributed by atoms with van der Waals surface area (Å²) in [6.45, 7) is 3.50. The van der Waals surface area contributed by atoms with Crippen molar-refractivity contribution in [3.63, 3.8) is 0 Å². The summed E-state index contributed by atoms with van der Waals surface area (Å²) in [4.78, 5) is 14.2. The molecule has 1 amide bonds.